The van der Waals surface area contributed by atoms with E-state index in [9.17, 15) is 18.4 Å². The van der Waals surface area contributed by atoms with Gasteiger partial charge in [0.15, 0.2) is 0 Å². The molecule has 1 saturated carbocycles. The van der Waals surface area contributed by atoms with Crippen molar-refractivity contribution < 1.29 is 17.7 Å². The van der Waals surface area contributed by atoms with Crippen LogP contribution in [0.2, 0.25) is 5.15 Å². The summed E-state index contributed by atoms with van der Waals surface area (Å²) in [5.41, 5.74) is -0.240. The third-order valence-corrected chi connectivity index (χ3v) is 5.55. The van der Waals surface area contributed by atoms with Crippen molar-refractivity contribution in [2.75, 3.05) is 12.3 Å². The number of pyridine rings is 1. The number of fused-ring (bicyclic) bond motifs is 1. The van der Waals surface area contributed by atoms with Crippen molar-refractivity contribution in [2.24, 2.45) is 5.92 Å². The Hall–Kier alpha value is -2.59. The summed E-state index contributed by atoms with van der Waals surface area (Å²) in [4.78, 5) is 29.0. The fraction of sp³-hybridized carbons (Fsp3) is 0.294. The summed E-state index contributed by atoms with van der Waals surface area (Å²) in [6, 6.07) is 1.31. The molecule has 1 aliphatic rings. The van der Waals surface area contributed by atoms with E-state index in [4.69, 9.17) is 15.7 Å². The van der Waals surface area contributed by atoms with Crippen LogP contribution in [0.25, 0.3) is 10.1 Å². The van der Waals surface area contributed by atoms with Gasteiger partial charge >= 0.3 is 0 Å². The average molecular weight is 429 g/mol. The van der Waals surface area contributed by atoms with Crippen molar-refractivity contribution in [1.82, 2.24) is 20.1 Å². The van der Waals surface area contributed by atoms with Gasteiger partial charge in [0, 0.05) is 35.0 Å². The van der Waals surface area contributed by atoms with Gasteiger partial charge in [0.1, 0.15) is 5.15 Å². The second kappa shape index (κ2) is 6.78. The Bertz CT molecular complexity index is 1250. The Morgan fingerprint density at radius 1 is 1.50 bits per heavy atom. The SMILES string of the molecule is [2H]C([2H])([2H])NC(=O)c1cnc(Cl)cc1Nc1csc2cnn(CC3CC3(F)F)c(=O)c12. The van der Waals surface area contributed by atoms with Crippen molar-refractivity contribution >= 4 is 50.3 Å². The van der Waals surface area contributed by atoms with E-state index in [1.54, 1.807) is 5.38 Å². The zero-order chi connectivity index (χ0) is 22.6. The van der Waals surface area contributed by atoms with Crippen molar-refractivity contribution in [1.29, 1.82) is 0 Å². The Kier molecular flexibility index (Phi) is 3.72. The summed E-state index contributed by atoms with van der Waals surface area (Å²) in [5.74, 6) is -4.63. The maximum Gasteiger partial charge on any atom is 0.277 e. The molecule has 3 aromatic rings. The van der Waals surface area contributed by atoms with Crippen LogP contribution in [0.5, 0.6) is 0 Å². The molecule has 11 heteroatoms. The lowest BCUT2D eigenvalue weighted by atomic mass is 10.2. The maximum absolute atomic E-state index is 13.3. The minimum absolute atomic E-state index is 0.0301. The third kappa shape index (κ3) is 3.33. The van der Waals surface area contributed by atoms with Crippen LogP contribution in [0.4, 0.5) is 20.2 Å². The lowest BCUT2D eigenvalue weighted by Crippen LogP contribution is -2.24. The average Bonchev–Trinajstić information content (AvgIpc) is 3.05. The lowest BCUT2D eigenvalue weighted by molar-refractivity contribution is 0.0937. The molecule has 2 N–H and O–H groups in total. The van der Waals surface area contributed by atoms with Gasteiger partial charge in [0.25, 0.3) is 17.4 Å². The summed E-state index contributed by atoms with van der Waals surface area (Å²) in [7, 11) is 0. The first-order valence-electron chi connectivity index (χ1n) is 9.55. The molecule has 1 aliphatic carbocycles. The molecule has 0 bridgehead atoms. The van der Waals surface area contributed by atoms with Gasteiger partial charge < -0.3 is 10.6 Å². The van der Waals surface area contributed by atoms with Gasteiger partial charge in [-0.3, -0.25) is 9.59 Å². The number of nitrogens with one attached hydrogen (secondary N) is 2. The molecule has 0 radical (unpaired) electrons. The Morgan fingerprint density at radius 2 is 2.29 bits per heavy atom. The number of hydrogen-bond donors (Lipinski definition) is 2. The zero-order valence-electron chi connectivity index (χ0n) is 17.0. The van der Waals surface area contributed by atoms with E-state index < -0.39 is 30.3 Å². The first-order valence-corrected chi connectivity index (χ1v) is 9.30. The summed E-state index contributed by atoms with van der Waals surface area (Å²) in [6.07, 6.45) is 2.23. The van der Waals surface area contributed by atoms with E-state index in [2.05, 4.69) is 15.4 Å². The first-order chi connectivity index (χ1) is 14.4. The van der Waals surface area contributed by atoms with E-state index in [-0.39, 0.29) is 34.8 Å². The fourth-order valence-corrected chi connectivity index (χ4v) is 3.82. The highest BCUT2D eigenvalue weighted by molar-refractivity contribution is 7.17. The van der Waals surface area contributed by atoms with Crippen LogP contribution in [0, 0.1) is 5.92 Å². The maximum atomic E-state index is 13.3. The predicted molar refractivity (Wildman–Crippen MR) is 103 cm³/mol. The Balaban J connectivity index is 1.70. The number of halogens is 3. The molecule has 3 aromatic heterocycles. The third-order valence-electron chi connectivity index (χ3n) is 4.43. The normalized spacial score (nSPS) is 19.5. The molecule has 0 aromatic carbocycles. The van der Waals surface area contributed by atoms with Crippen LogP contribution >= 0.6 is 22.9 Å². The number of hydrogen-bond acceptors (Lipinski definition) is 6. The van der Waals surface area contributed by atoms with Gasteiger partial charge in [-0.2, -0.15) is 5.10 Å². The summed E-state index contributed by atoms with van der Waals surface area (Å²) in [5, 5.41) is 10.6. The van der Waals surface area contributed by atoms with Crippen LogP contribution < -0.4 is 16.2 Å². The van der Waals surface area contributed by atoms with Crippen molar-refractivity contribution in [3.63, 3.8) is 0 Å². The monoisotopic (exact) mass is 428 g/mol. The number of carbonyl (C=O) groups excluding carboxylic acids is 1. The van der Waals surface area contributed by atoms with Gasteiger partial charge in [-0.15, -0.1) is 11.3 Å². The van der Waals surface area contributed by atoms with E-state index in [0.29, 0.717) is 10.4 Å². The largest absolute Gasteiger partial charge is 0.355 e. The molecule has 7 nitrogen and oxygen atoms in total. The van der Waals surface area contributed by atoms with Crippen LogP contribution in [-0.2, 0) is 6.54 Å². The number of carbonyl (C=O) groups is 1. The number of anilines is 2. The first kappa shape index (κ1) is 15.3. The molecule has 28 heavy (non-hydrogen) atoms. The Morgan fingerprint density at radius 3 is 3.00 bits per heavy atom. The molecule has 146 valence electrons. The lowest BCUT2D eigenvalue weighted by Gasteiger charge is -2.11. The number of nitrogens with zero attached hydrogens (tertiary/aromatic N) is 3. The fourth-order valence-electron chi connectivity index (χ4n) is 2.82. The minimum Gasteiger partial charge on any atom is -0.355 e. The van der Waals surface area contributed by atoms with E-state index in [1.165, 1.54) is 23.6 Å². The molecule has 0 saturated heterocycles. The smallest absolute Gasteiger partial charge is 0.277 e. The number of rotatable bonds is 5. The van der Waals surface area contributed by atoms with Crippen LogP contribution in [0.15, 0.2) is 28.6 Å². The van der Waals surface area contributed by atoms with Crippen molar-refractivity contribution in [3.8, 4) is 0 Å². The van der Waals surface area contributed by atoms with Crippen LogP contribution in [-0.4, -0.2) is 33.6 Å². The molecule has 3 heterocycles. The molecule has 1 unspecified atom stereocenters. The van der Waals surface area contributed by atoms with E-state index >= 15 is 0 Å². The van der Waals surface area contributed by atoms with Crippen molar-refractivity contribution in [3.05, 3.63) is 44.9 Å². The highest BCUT2D eigenvalue weighted by Crippen LogP contribution is 2.49. The van der Waals surface area contributed by atoms with Gasteiger partial charge in [-0.1, -0.05) is 11.6 Å². The van der Waals surface area contributed by atoms with Gasteiger partial charge in [0.05, 0.1) is 39.8 Å². The van der Waals surface area contributed by atoms with Gasteiger partial charge in [-0.25, -0.2) is 18.4 Å². The summed E-state index contributed by atoms with van der Waals surface area (Å²) >= 11 is 7.12. The van der Waals surface area contributed by atoms with Crippen LogP contribution in [0.3, 0.4) is 0 Å². The quantitative estimate of drug-likeness (QED) is 0.609. The molecule has 1 amide bonds. The summed E-state index contributed by atoms with van der Waals surface area (Å²) in [6.45, 7) is -2.92. The molecular formula is C17H14ClF2N5O2S. The second-order valence-corrected chi connectivity index (χ2v) is 7.61. The molecule has 0 aliphatic heterocycles. The molecule has 1 atom stereocenters. The van der Waals surface area contributed by atoms with Crippen LogP contribution in [0.1, 0.15) is 20.9 Å². The summed E-state index contributed by atoms with van der Waals surface area (Å²) < 4.78 is 49.6. The number of aromatic nitrogens is 3. The predicted octanol–water partition coefficient (Wildman–Crippen LogP) is 3.26. The number of thiophene rings is 1. The standard InChI is InChI=1S/C17H14ClF2N5O2S/c1-21-15(26)9-4-22-13(18)2-10(9)24-11-7-28-12-5-23-25(16(27)14(11)12)6-8-3-17(8,19)20/h2,4-5,7-8H,3,6H2,1H3,(H,21,26)(H,22,24)/i1D3. The van der Waals surface area contributed by atoms with Crippen molar-refractivity contribution in [2.45, 2.75) is 18.9 Å². The minimum atomic E-state index is -2.79. The number of alkyl halides is 2. The van der Waals surface area contributed by atoms with E-state index in [1.807, 2.05) is 5.32 Å². The molecular weight excluding hydrogens is 412 g/mol. The van der Waals surface area contributed by atoms with E-state index in [0.717, 1.165) is 10.9 Å². The molecule has 4 rings (SSSR count). The number of amides is 1. The highest BCUT2D eigenvalue weighted by atomic mass is 35.5. The highest BCUT2D eigenvalue weighted by Gasteiger charge is 2.57. The topological polar surface area (TPSA) is 88.9 Å². The second-order valence-electron chi connectivity index (χ2n) is 6.31. The molecule has 1 fully saturated rings. The zero-order valence-corrected chi connectivity index (χ0v) is 15.6. The van der Waals surface area contributed by atoms with Gasteiger partial charge in [-0.05, 0) is 6.07 Å². The Labute approximate surface area is 170 Å². The molecule has 0 spiro atoms. The van der Waals surface area contributed by atoms with Gasteiger partial charge in [0.2, 0.25) is 0 Å².